The molecule has 0 atom stereocenters. The first-order valence-corrected chi connectivity index (χ1v) is 6.34. The lowest BCUT2D eigenvalue weighted by molar-refractivity contribution is -0.130. The average Bonchev–Trinajstić information content (AvgIpc) is 2.34. The Bertz CT molecular complexity index is 409. The molecule has 1 aromatic rings. The number of hydrogen-bond donors (Lipinski definition) is 1. The van der Waals surface area contributed by atoms with Crippen LogP contribution in [0.5, 0.6) is 0 Å². The van der Waals surface area contributed by atoms with E-state index < -0.39 is 0 Å². The molecular weight excluding hydrogens is 245 g/mol. The number of benzene rings is 1. The average molecular weight is 267 g/mol. The van der Waals surface area contributed by atoms with E-state index in [9.17, 15) is 9.18 Å². The van der Waals surface area contributed by atoms with Crippen molar-refractivity contribution in [3.05, 3.63) is 35.6 Å². The number of likely N-dealkylation sites (N-methyl/N-ethyl adjacent to an activating group) is 2. The minimum atomic E-state index is -0.272. The summed E-state index contributed by atoms with van der Waals surface area (Å²) < 4.78 is 13.2. The van der Waals surface area contributed by atoms with Gasteiger partial charge >= 0.3 is 0 Å². The van der Waals surface area contributed by atoms with Gasteiger partial charge in [-0.3, -0.25) is 4.79 Å². The molecule has 4 nitrogen and oxygen atoms in total. The van der Waals surface area contributed by atoms with Gasteiger partial charge in [0.25, 0.3) is 0 Å². The summed E-state index contributed by atoms with van der Waals surface area (Å²) in [7, 11) is 5.66. The van der Waals surface area contributed by atoms with Gasteiger partial charge < -0.3 is 15.1 Å². The van der Waals surface area contributed by atoms with Gasteiger partial charge in [0.15, 0.2) is 0 Å². The van der Waals surface area contributed by atoms with E-state index in [1.165, 1.54) is 12.1 Å². The van der Waals surface area contributed by atoms with Crippen molar-refractivity contribution in [2.45, 2.75) is 6.54 Å². The van der Waals surface area contributed by atoms with Gasteiger partial charge in [-0.1, -0.05) is 12.1 Å². The summed E-state index contributed by atoms with van der Waals surface area (Å²) in [6, 6.07) is 6.37. The Morgan fingerprint density at radius 1 is 1.32 bits per heavy atom. The van der Waals surface area contributed by atoms with Crippen molar-refractivity contribution >= 4 is 5.91 Å². The Hall–Kier alpha value is -1.46. The molecule has 106 valence electrons. The van der Waals surface area contributed by atoms with E-state index in [4.69, 9.17) is 0 Å². The largest absolute Gasteiger partial charge is 0.336 e. The van der Waals surface area contributed by atoms with Crippen molar-refractivity contribution in [2.75, 3.05) is 40.8 Å². The third-order valence-electron chi connectivity index (χ3n) is 2.76. The SMILES string of the molecule is CNCC(=O)N(CCN(C)C)Cc1cccc(F)c1. The van der Waals surface area contributed by atoms with E-state index in [2.05, 4.69) is 5.32 Å². The number of amides is 1. The molecule has 1 aromatic carbocycles. The predicted molar refractivity (Wildman–Crippen MR) is 74.3 cm³/mol. The number of carbonyl (C=O) groups excluding carboxylic acids is 1. The summed E-state index contributed by atoms with van der Waals surface area (Å²) in [5, 5.41) is 2.85. The van der Waals surface area contributed by atoms with Crippen LogP contribution in [0.3, 0.4) is 0 Å². The molecule has 0 fully saturated rings. The maximum absolute atomic E-state index is 13.2. The number of nitrogens with zero attached hydrogens (tertiary/aromatic N) is 2. The van der Waals surface area contributed by atoms with Crippen LogP contribution in [0.2, 0.25) is 0 Å². The van der Waals surface area contributed by atoms with E-state index in [-0.39, 0.29) is 11.7 Å². The quantitative estimate of drug-likeness (QED) is 0.798. The topological polar surface area (TPSA) is 35.6 Å². The Morgan fingerprint density at radius 3 is 2.63 bits per heavy atom. The maximum Gasteiger partial charge on any atom is 0.236 e. The number of nitrogens with one attached hydrogen (secondary N) is 1. The van der Waals surface area contributed by atoms with Gasteiger partial charge in [-0.2, -0.15) is 0 Å². The summed E-state index contributed by atoms with van der Waals surface area (Å²) in [6.45, 7) is 2.14. The van der Waals surface area contributed by atoms with Crippen LogP contribution >= 0.6 is 0 Å². The van der Waals surface area contributed by atoms with Crippen LogP contribution in [-0.4, -0.2) is 56.5 Å². The summed E-state index contributed by atoms with van der Waals surface area (Å²) >= 11 is 0. The Morgan fingerprint density at radius 2 is 2.05 bits per heavy atom. The van der Waals surface area contributed by atoms with Crippen molar-refractivity contribution in [1.29, 1.82) is 0 Å². The second kappa shape index (κ2) is 7.86. The lowest BCUT2D eigenvalue weighted by Crippen LogP contribution is -2.40. The molecule has 0 radical (unpaired) electrons. The van der Waals surface area contributed by atoms with E-state index in [1.54, 1.807) is 18.0 Å². The van der Waals surface area contributed by atoms with Crippen molar-refractivity contribution in [3.63, 3.8) is 0 Å². The zero-order valence-electron chi connectivity index (χ0n) is 11.8. The fraction of sp³-hybridized carbons (Fsp3) is 0.500. The summed E-state index contributed by atoms with van der Waals surface area (Å²) in [5.74, 6) is -0.250. The minimum Gasteiger partial charge on any atom is -0.336 e. The van der Waals surface area contributed by atoms with Crippen molar-refractivity contribution in [1.82, 2.24) is 15.1 Å². The normalized spacial score (nSPS) is 10.8. The molecule has 1 rings (SSSR count). The first-order valence-electron chi connectivity index (χ1n) is 6.34. The minimum absolute atomic E-state index is 0.0219. The van der Waals surface area contributed by atoms with Crippen molar-refractivity contribution in [3.8, 4) is 0 Å². The molecule has 0 aliphatic heterocycles. The molecule has 0 saturated carbocycles. The molecule has 0 saturated heterocycles. The monoisotopic (exact) mass is 267 g/mol. The third-order valence-corrected chi connectivity index (χ3v) is 2.76. The molecule has 5 heteroatoms. The first-order chi connectivity index (χ1) is 9.02. The molecule has 0 aliphatic rings. The molecule has 0 aliphatic carbocycles. The van der Waals surface area contributed by atoms with Gasteiger partial charge in [0, 0.05) is 19.6 Å². The molecule has 0 bridgehead atoms. The third kappa shape index (κ3) is 5.81. The van der Waals surface area contributed by atoms with Crippen LogP contribution in [0.15, 0.2) is 24.3 Å². The van der Waals surface area contributed by atoms with Gasteiger partial charge in [-0.15, -0.1) is 0 Å². The highest BCUT2D eigenvalue weighted by Gasteiger charge is 2.13. The maximum atomic E-state index is 13.2. The standard InChI is InChI=1S/C14H22FN3O/c1-16-10-14(19)18(8-7-17(2)3)11-12-5-4-6-13(15)9-12/h4-6,9,16H,7-8,10-11H2,1-3H3. The zero-order chi connectivity index (χ0) is 14.3. The fourth-order valence-electron chi connectivity index (χ4n) is 1.73. The zero-order valence-corrected chi connectivity index (χ0v) is 11.8. The van der Waals surface area contributed by atoms with E-state index in [0.29, 0.717) is 19.6 Å². The van der Waals surface area contributed by atoms with Crippen LogP contribution in [0.25, 0.3) is 0 Å². The summed E-state index contributed by atoms with van der Waals surface area (Å²) in [6.07, 6.45) is 0. The number of halogens is 1. The van der Waals surface area contributed by atoms with Gasteiger partial charge in [0.1, 0.15) is 5.82 Å². The lowest BCUT2D eigenvalue weighted by Gasteiger charge is -2.24. The molecule has 19 heavy (non-hydrogen) atoms. The summed E-state index contributed by atoms with van der Waals surface area (Å²) in [5.41, 5.74) is 0.809. The van der Waals surface area contributed by atoms with Crippen LogP contribution < -0.4 is 5.32 Å². The second-order valence-corrected chi connectivity index (χ2v) is 4.78. The Balaban J connectivity index is 2.69. The Kier molecular flexibility index (Phi) is 6.45. The van der Waals surface area contributed by atoms with Crippen LogP contribution in [0.1, 0.15) is 5.56 Å². The number of rotatable bonds is 7. The molecule has 0 aromatic heterocycles. The summed E-state index contributed by atoms with van der Waals surface area (Å²) in [4.78, 5) is 15.8. The highest BCUT2D eigenvalue weighted by Crippen LogP contribution is 2.07. The lowest BCUT2D eigenvalue weighted by atomic mass is 10.2. The smallest absolute Gasteiger partial charge is 0.236 e. The Labute approximate surface area is 114 Å². The molecule has 0 unspecified atom stereocenters. The molecule has 1 N–H and O–H groups in total. The predicted octanol–water partition coefficient (Wildman–Crippen LogP) is 0.935. The van der Waals surface area contributed by atoms with E-state index in [1.807, 2.05) is 25.1 Å². The van der Waals surface area contributed by atoms with Gasteiger partial charge in [0.05, 0.1) is 6.54 Å². The van der Waals surface area contributed by atoms with Crippen LogP contribution in [-0.2, 0) is 11.3 Å². The fourth-order valence-corrected chi connectivity index (χ4v) is 1.73. The van der Waals surface area contributed by atoms with Gasteiger partial charge in [0.2, 0.25) is 5.91 Å². The molecule has 1 amide bonds. The molecule has 0 spiro atoms. The first kappa shape index (κ1) is 15.6. The van der Waals surface area contributed by atoms with Crippen molar-refractivity contribution in [2.24, 2.45) is 0 Å². The number of carbonyl (C=O) groups is 1. The highest BCUT2D eigenvalue weighted by molar-refractivity contribution is 5.78. The van der Waals surface area contributed by atoms with Gasteiger partial charge in [-0.25, -0.2) is 4.39 Å². The van der Waals surface area contributed by atoms with Gasteiger partial charge in [-0.05, 0) is 38.8 Å². The van der Waals surface area contributed by atoms with E-state index in [0.717, 1.165) is 12.1 Å². The van der Waals surface area contributed by atoms with Crippen LogP contribution in [0, 0.1) is 5.82 Å². The number of hydrogen-bond acceptors (Lipinski definition) is 3. The highest BCUT2D eigenvalue weighted by atomic mass is 19.1. The van der Waals surface area contributed by atoms with Crippen LogP contribution in [0.4, 0.5) is 4.39 Å². The van der Waals surface area contributed by atoms with Crippen molar-refractivity contribution < 1.29 is 9.18 Å². The molecular formula is C14H22FN3O. The van der Waals surface area contributed by atoms with E-state index >= 15 is 0 Å². The molecule has 0 heterocycles. The second-order valence-electron chi connectivity index (χ2n) is 4.78.